The van der Waals surface area contributed by atoms with Gasteiger partial charge in [-0.2, -0.15) is 0 Å². The summed E-state index contributed by atoms with van der Waals surface area (Å²) < 4.78 is 0. The summed E-state index contributed by atoms with van der Waals surface area (Å²) >= 11 is 0. The maximum absolute atomic E-state index is 10.8. The number of hydrogen-bond acceptors (Lipinski definition) is 2. The first kappa shape index (κ1) is 13.6. The third-order valence-corrected chi connectivity index (χ3v) is 5.10. The number of rotatable bonds is 1. The number of aromatic nitrogens is 1. The Kier molecular flexibility index (Phi) is 2.91. The van der Waals surface area contributed by atoms with Crippen LogP contribution in [0.15, 0.2) is 60.7 Å². The number of phenols is 1. The first-order valence-electron chi connectivity index (χ1n) is 8.36. The first-order chi connectivity index (χ1) is 11.8. The van der Waals surface area contributed by atoms with Crippen LogP contribution in [0.3, 0.4) is 0 Å². The van der Waals surface area contributed by atoms with Crippen molar-refractivity contribution in [2.75, 3.05) is 6.54 Å². The van der Waals surface area contributed by atoms with E-state index in [0.29, 0.717) is 5.75 Å². The summed E-state index contributed by atoms with van der Waals surface area (Å²) in [4.78, 5) is 3.57. The van der Waals surface area contributed by atoms with Crippen LogP contribution in [0.2, 0.25) is 0 Å². The number of nitrogens with one attached hydrogen (secondary N) is 2. The molecule has 0 fully saturated rings. The average molecular weight is 314 g/mol. The van der Waals surface area contributed by atoms with E-state index in [9.17, 15) is 5.11 Å². The van der Waals surface area contributed by atoms with Gasteiger partial charge in [0.2, 0.25) is 0 Å². The van der Waals surface area contributed by atoms with Crippen LogP contribution in [0.5, 0.6) is 5.75 Å². The Morgan fingerprint density at radius 1 is 0.875 bits per heavy atom. The fourth-order valence-electron chi connectivity index (χ4n) is 3.95. The molecule has 1 aliphatic heterocycles. The van der Waals surface area contributed by atoms with Crippen molar-refractivity contribution in [1.29, 1.82) is 0 Å². The van der Waals surface area contributed by atoms with Gasteiger partial charge in [-0.05, 0) is 23.4 Å². The van der Waals surface area contributed by atoms with Crippen molar-refractivity contribution in [2.24, 2.45) is 0 Å². The summed E-state index contributed by atoms with van der Waals surface area (Å²) in [5.74, 6) is 0.372. The molecule has 4 aromatic rings. The summed E-state index contributed by atoms with van der Waals surface area (Å²) in [5, 5.41) is 17.7. The number of aromatic amines is 1. The smallest absolute Gasteiger partial charge is 0.128 e. The zero-order valence-electron chi connectivity index (χ0n) is 13.2. The van der Waals surface area contributed by atoms with Crippen LogP contribution in [-0.2, 0) is 6.42 Å². The summed E-state index contributed by atoms with van der Waals surface area (Å²) in [6.45, 7) is 0.909. The third kappa shape index (κ3) is 1.88. The topological polar surface area (TPSA) is 48.0 Å². The number of aromatic hydroxyl groups is 1. The largest absolute Gasteiger partial charge is 0.507 e. The molecule has 118 valence electrons. The molecule has 24 heavy (non-hydrogen) atoms. The molecule has 1 atom stereocenters. The van der Waals surface area contributed by atoms with Gasteiger partial charge in [-0.15, -0.1) is 0 Å². The molecule has 3 heteroatoms. The van der Waals surface area contributed by atoms with Crippen molar-refractivity contribution in [2.45, 2.75) is 12.5 Å². The first-order valence-corrected chi connectivity index (χ1v) is 8.36. The minimum absolute atomic E-state index is 0.00856. The van der Waals surface area contributed by atoms with Gasteiger partial charge in [0.15, 0.2) is 0 Å². The van der Waals surface area contributed by atoms with Gasteiger partial charge in [-0.25, -0.2) is 0 Å². The van der Waals surface area contributed by atoms with E-state index in [0.717, 1.165) is 34.8 Å². The second kappa shape index (κ2) is 5.11. The summed E-state index contributed by atoms with van der Waals surface area (Å²) in [7, 11) is 0. The van der Waals surface area contributed by atoms with Gasteiger partial charge in [-0.1, -0.05) is 54.6 Å². The molecule has 5 rings (SSSR count). The van der Waals surface area contributed by atoms with E-state index in [1.807, 2.05) is 30.3 Å². The predicted molar refractivity (Wildman–Crippen MR) is 97.5 cm³/mol. The number of benzene rings is 3. The lowest BCUT2D eigenvalue weighted by atomic mass is 9.92. The molecule has 1 aromatic heterocycles. The zero-order chi connectivity index (χ0) is 16.1. The summed E-state index contributed by atoms with van der Waals surface area (Å²) in [6.07, 6.45) is 1.00. The van der Waals surface area contributed by atoms with Gasteiger partial charge in [0, 0.05) is 34.1 Å². The van der Waals surface area contributed by atoms with Crippen LogP contribution in [0.1, 0.15) is 22.9 Å². The molecule has 0 bridgehead atoms. The van der Waals surface area contributed by atoms with Gasteiger partial charge in [-0.3, -0.25) is 0 Å². The Balaban J connectivity index is 1.73. The van der Waals surface area contributed by atoms with E-state index in [1.165, 1.54) is 16.6 Å². The van der Waals surface area contributed by atoms with Crippen molar-refractivity contribution in [3.63, 3.8) is 0 Å². The molecule has 3 N–H and O–H groups in total. The molecule has 2 heterocycles. The van der Waals surface area contributed by atoms with Gasteiger partial charge in [0.05, 0.1) is 6.04 Å². The Labute approximate surface area is 139 Å². The van der Waals surface area contributed by atoms with Crippen molar-refractivity contribution in [1.82, 2.24) is 10.3 Å². The van der Waals surface area contributed by atoms with Gasteiger partial charge in [0.1, 0.15) is 5.75 Å². The molecule has 0 spiro atoms. The van der Waals surface area contributed by atoms with E-state index in [1.54, 1.807) is 0 Å². The lowest BCUT2D eigenvalue weighted by molar-refractivity contribution is 0.458. The van der Waals surface area contributed by atoms with Crippen molar-refractivity contribution in [3.8, 4) is 5.75 Å². The molecule has 3 nitrogen and oxygen atoms in total. The molecule has 0 saturated carbocycles. The maximum Gasteiger partial charge on any atom is 0.128 e. The quantitative estimate of drug-likeness (QED) is 0.491. The van der Waals surface area contributed by atoms with Crippen molar-refractivity contribution >= 4 is 21.7 Å². The maximum atomic E-state index is 10.8. The molecule has 0 amide bonds. The van der Waals surface area contributed by atoms with Gasteiger partial charge < -0.3 is 15.4 Å². The molecule has 0 radical (unpaired) electrons. The normalized spacial score (nSPS) is 17.2. The van der Waals surface area contributed by atoms with E-state index < -0.39 is 0 Å². The number of hydrogen-bond donors (Lipinski definition) is 3. The minimum atomic E-state index is -0.00856. The van der Waals surface area contributed by atoms with Crippen molar-refractivity contribution in [3.05, 3.63) is 77.5 Å². The predicted octanol–water partition coefficient (Wildman–Crippen LogP) is 4.26. The number of H-pyrrole nitrogens is 1. The Bertz CT molecular complexity index is 1060. The van der Waals surface area contributed by atoms with Gasteiger partial charge in [0.25, 0.3) is 0 Å². The number of phenolic OH excluding ortho intramolecular Hbond substituents is 1. The van der Waals surface area contributed by atoms with Crippen LogP contribution in [0.4, 0.5) is 0 Å². The van der Waals surface area contributed by atoms with E-state index in [2.05, 4.69) is 40.6 Å². The zero-order valence-corrected chi connectivity index (χ0v) is 13.2. The molecule has 0 aliphatic carbocycles. The minimum Gasteiger partial charge on any atom is -0.507 e. The Hall–Kier alpha value is -2.78. The van der Waals surface area contributed by atoms with E-state index in [-0.39, 0.29) is 6.04 Å². The van der Waals surface area contributed by atoms with Crippen LogP contribution >= 0.6 is 0 Å². The standard InChI is InChI=1S/C21H18N2O/c24-21-14-6-2-1-5-13(14)9-10-17(21)19-20-16(11-12-22-19)15-7-3-4-8-18(15)23-20/h1-10,19,22-24H,11-12H2. The summed E-state index contributed by atoms with van der Waals surface area (Å²) in [6, 6.07) is 20.5. The monoisotopic (exact) mass is 314 g/mol. The Morgan fingerprint density at radius 3 is 2.58 bits per heavy atom. The number of fused-ring (bicyclic) bond motifs is 4. The fraction of sp³-hybridized carbons (Fsp3) is 0.143. The third-order valence-electron chi connectivity index (χ3n) is 5.10. The average Bonchev–Trinajstić information content (AvgIpc) is 3.01. The molecular weight excluding hydrogens is 296 g/mol. The lowest BCUT2D eigenvalue weighted by Crippen LogP contribution is -2.30. The SMILES string of the molecule is Oc1c(C2NCCc3c2[nH]c2ccccc32)ccc2ccccc12. The molecule has 1 unspecified atom stereocenters. The van der Waals surface area contributed by atoms with E-state index in [4.69, 9.17) is 0 Å². The van der Waals surface area contributed by atoms with Crippen molar-refractivity contribution < 1.29 is 5.11 Å². The molecule has 1 aliphatic rings. The number of para-hydroxylation sites is 1. The second-order valence-corrected chi connectivity index (χ2v) is 6.42. The highest BCUT2D eigenvalue weighted by Crippen LogP contribution is 2.39. The highest BCUT2D eigenvalue weighted by molar-refractivity contribution is 5.90. The molecular formula is C21H18N2O. The lowest BCUT2D eigenvalue weighted by Gasteiger charge is -2.26. The molecule has 0 saturated heterocycles. The second-order valence-electron chi connectivity index (χ2n) is 6.42. The van der Waals surface area contributed by atoms with E-state index >= 15 is 0 Å². The Morgan fingerprint density at radius 2 is 1.67 bits per heavy atom. The van der Waals surface area contributed by atoms with Crippen LogP contribution < -0.4 is 5.32 Å². The summed E-state index contributed by atoms with van der Waals surface area (Å²) in [5.41, 5.74) is 4.63. The van der Waals surface area contributed by atoms with Gasteiger partial charge >= 0.3 is 0 Å². The fourth-order valence-corrected chi connectivity index (χ4v) is 3.95. The molecule has 3 aromatic carbocycles. The van der Waals surface area contributed by atoms with Crippen LogP contribution in [0.25, 0.3) is 21.7 Å². The highest BCUT2D eigenvalue weighted by atomic mass is 16.3. The van der Waals surface area contributed by atoms with Crippen LogP contribution in [0, 0.1) is 0 Å². The van der Waals surface area contributed by atoms with Crippen LogP contribution in [-0.4, -0.2) is 16.6 Å². The highest BCUT2D eigenvalue weighted by Gasteiger charge is 2.27.